The third kappa shape index (κ3) is 1.77. The highest BCUT2D eigenvalue weighted by atomic mass is 32.2. The topological polar surface area (TPSA) is 29.1 Å². The summed E-state index contributed by atoms with van der Waals surface area (Å²) in [6.45, 7) is 2.12. The van der Waals surface area contributed by atoms with Crippen molar-refractivity contribution in [3.63, 3.8) is 0 Å². The van der Waals surface area contributed by atoms with Gasteiger partial charge in [-0.1, -0.05) is 31.2 Å². The molecule has 14 heavy (non-hydrogen) atoms. The molecular weight excluding hydrogens is 194 g/mol. The second-order valence-corrected chi connectivity index (χ2v) is 4.65. The van der Waals surface area contributed by atoms with E-state index in [1.807, 2.05) is 6.08 Å². The second kappa shape index (κ2) is 4.05. The molecule has 0 aromatic heterocycles. The molecule has 0 aromatic rings. The molecule has 1 N–H and O–H groups in total. The number of carbonyl (C=O) groups excluding carboxylic acids is 1. The zero-order valence-corrected chi connectivity index (χ0v) is 8.88. The van der Waals surface area contributed by atoms with Crippen molar-refractivity contribution in [2.75, 3.05) is 5.75 Å². The lowest BCUT2D eigenvalue weighted by Gasteiger charge is -2.30. The van der Waals surface area contributed by atoms with E-state index in [2.05, 4.69) is 30.5 Å². The Morgan fingerprint density at radius 1 is 1.50 bits per heavy atom. The lowest BCUT2D eigenvalue weighted by Crippen LogP contribution is -2.42. The van der Waals surface area contributed by atoms with Gasteiger partial charge in [0.15, 0.2) is 0 Å². The van der Waals surface area contributed by atoms with Crippen LogP contribution in [-0.4, -0.2) is 17.7 Å². The number of hydrogen-bond donors (Lipinski definition) is 1. The van der Waals surface area contributed by atoms with E-state index in [1.54, 1.807) is 17.8 Å². The van der Waals surface area contributed by atoms with E-state index in [-0.39, 0.29) is 11.9 Å². The molecule has 1 heterocycles. The van der Waals surface area contributed by atoms with Gasteiger partial charge in [-0.2, -0.15) is 0 Å². The van der Waals surface area contributed by atoms with Crippen LogP contribution in [0.15, 0.2) is 35.3 Å². The van der Waals surface area contributed by atoms with Gasteiger partial charge in [0.2, 0.25) is 5.91 Å². The highest BCUT2D eigenvalue weighted by molar-refractivity contribution is 8.03. The maximum Gasteiger partial charge on any atom is 0.244 e. The van der Waals surface area contributed by atoms with Crippen molar-refractivity contribution in [3.8, 4) is 0 Å². The minimum Gasteiger partial charge on any atom is -0.344 e. The molecule has 1 amide bonds. The van der Waals surface area contributed by atoms with Crippen molar-refractivity contribution >= 4 is 17.7 Å². The van der Waals surface area contributed by atoms with Gasteiger partial charge in [0.25, 0.3) is 0 Å². The zero-order valence-electron chi connectivity index (χ0n) is 8.07. The lowest BCUT2D eigenvalue weighted by molar-refractivity contribution is -0.117. The Hall–Kier alpha value is -0.960. The molecule has 2 aliphatic rings. The van der Waals surface area contributed by atoms with Gasteiger partial charge >= 0.3 is 0 Å². The summed E-state index contributed by atoms with van der Waals surface area (Å²) in [5.41, 5.74) is 0. The van der Waals surface area contributed by atoms with Crippen molar-refractivity contribution in [3.05, 3.63) is 35.3 Å². The average Bonchev–Trinajstić information content (AvgIpc) is 2.19. The number of amides is 1. The first-order valence-electron chi connectivity index (χ1n) is 4.81. The predicted octanol–water partition coefficient (Wildman–Crippen LogP) is 1.86. The molecule has 1 aliphatic carbocycles. The minimum atomic E-state index is 0.0177. The SMILES string of the molecule is CCSC1=CC=CC2C=CC(=O)NC12. The Balaban J connectivity index is 2.21. The first-order chi connectivity index (χ1) is 6.81. The summed E-state index contributed by atoms with van der Waals surface area (Å²) in [5.74, 6) is 1.40. The molecule has 2 rings (SSSR count). The number of rotatable bonds is 2. The lowest BCUT2D eigenvalue weighted by atomic mass is 9.92. The van der Waals surface area contributed by atoms with Crippen LogP contribution in [-0.2, 0) is 4.79 Å². The second-order valence-electron chi connectivity index (χ2n) is 3.31. The van der Waals surface area contributed by atoms with Crippen molar-refractivity contribution in [2.45, 2.75) is 13.0 Å². The smallest absolute Gasteiger partial charge is 0.244 e. The molecule has 0 aromatic carbocycles. The summed E-state index contributed by atoms with van der Waals surface area (Å²) in [6, 6.07) is 0.169. The van der Waals surface area contributed by atoms with Crippen molar-refractivity contribution in [1.82, 2.24) is 5.32 Å². The Bertz CT molecular complexity index is 330. The first-order valence-corrected chi connectivity index (χ1v) is 5.79. The van der Waals surface area contributed by atoms with Crippen LogP contribution < -0.4 is 5.32 Å². The summed E-state index contributed by atoms with van der Waals surface area (Å²) in [4.78, 5) is 12.5. The van der Waals surface area contributed by atoms with E-state index in [0.29, 0.717) is 5.92 Å². The Morgan fingerprint density at radius 3 is 3.14 bits per heavy atom. The standard InChI is InChI=1S/C11H13NOS/c1-2-14-9-5-3-4-8-6-7-10(13)12-11(8)9/h3-8,11H,2H2,1H3,(H,12,13). The Labute approximate surface area is 88.1 Å². The van der Waals surface area contributed by atoms with Crippen molar-refractivity contribution in [1.29, 1.82) is 0 Å². The van der Waals surface area contributed by atoms with Crippen LogP contribution in [0.25, 0.3) is 0 Å². The maximum absolute atomic E-state index is 11.2. The first kappa shape index (κ1) is 9.59. The molecule has 0 bridgehead atoms. The molecule has 2 nitrogen and oxygen atoms in total. The van der Waals surface area contributed by atoms with Gasteiger partial charge in [0.05, 0.1) is 6.04 Å². The van der Waals surface area contributed by atoms with Crippen LogP contribution >= 0.6 is 11.8 Å². The number of hydrogen-bond acceptors (Lipinski definition) is 2. The maximum atomic E-state index is 11.2. The Morgan fingerprint density at radius 2 is 2.36 bits per heavy atom. The van der Waals surface area contributed by atoms with Gasteiger partial charge in [0, 0.05) is 10.8 Å². The summed E-state index contributed by atoms with van der Waals surface area (Å²) in [6.07, 6.45) is 9.88. The monoisotopic (exact) mass is 207 g/mol. The van der Waals surface area contributed by atoms with Crippen molar-refractivity contribution in [2.24, 2.45) is 5.92 Å². The number of thioether (sulfide) groups is 1. The molecular formula is C11H13NOS. The van der Waals surface area contributed by atoms with E-state index >= 15 is 0 Å². The molecule has 2 atom stereocenters. The van der Waals surface area contributed by atoms with Gasteiger partial charge in [-0.05, 0) is 11.8 Å². The molecule has 0 spiro atoms. The fraction of sp³-hybridized carbons (Fsp3) is 0.364. The molecule has 0 fully saturated rings. The number of carbonyl (C=O) groups is 1. The highest BCUT2D eigenvalue weighted by Crippen LogP contribution is 2.30. The average molecular weight is 207 g/mol. The van der Waals surface area contributed by atoms with Crippen LogP contribution in [0.1, 0.15) is 6.92 Å². The molecule has 2 unspecified atom stereocenters. The molecule has 0 saturated carbocycles. The molecule has 0 radical (unpaired) electrons. The van der Waals surface area contributed by atoms with Gasteiger partial charge in [-0.15, -0.1) is 11.8 Å². The third-order valence-electron chi connectivity index (χ3n) is 2.36. The van der Waals surface area contributed by atoms with Crippen molar-refractivity contribution < 1.29 is 4.79 Å². The van der Waals surface area contributed by atoms with Crippen LogP contribution in [0.4, 0.5) is 0 Å². The predicted molar refractivity (Wildman–Crippen MR) is 59.9 cm³/mol. The molecule has 1 aliphatic heterocycles. The van der Waals surface area contributed by atoms with Gasteiger partial charge in [-0.25, -0.2) is 0 Å². The van der Waals surface area contributed by atoms with Gasteiger partial charge in [0.1, 0.15) is 0 Å². The van der Waals surface area contributed by atoms with Crippen LogP contribution in [0.5, 0.6) is 0 Å². The number of nitrogens with one attached hydrogen (secondary N) is 1. The third-order valence-corrected chi connectivity index (χ3v) is 3.38. The van der Waals surface area contributed by atoms with E-state index in [1.165, 1.54) is 4.91 Å². The van der Waals surface area contributed by atoms with E-state index in [9.17, 15) is 4.79 Å². The summed E-state index contributed by atoms with van der Waals surface area (Å²) in [5, 5.41) is 2.99. The molecule has 3 heteroatoms. The van der Waals surface area contributed by atoms with E-state index in [4.69, 9.17) is 0 Å². The van der Waals surface area contributed by atoms with Crippen LogP contribution in [0.3, 0.4) is 0 Å². The number of fused-ring (bicyclic) bond motifs is 1. The summed E-state index contributed by atoms with van der Waals surface area (Å²) < 4.78 is 0. The largest absolute Gasteiger partial charge is 0.344 e. The number of allylic oxidation sites excluding steroid dienone is 2. The van der Waals surface area contributed by atoms with Gasteiger partial charge in [-0.3, -0.25) is 4.79 Å². The van der Waals surface area contributed by atoms with E-state index in [0.717, 1.165) is 5.75 Å². The quantitative estimate of drug-likeness (QED) is 0.749. The fourth-order valence-corrected chi connectivity index (χ4v) is 2.63. The molecule has 0 saturated heterocycles. The van der Waals surface area contributed by atoms with E-state index < -0.39 is 0 Å². The fourth-order valence-electron chi connectivity index (χ4n) is 1.73. The normalized spacial score (nSPS) is 29.5. The molecule has 74 valence electrons. The minimum absolute atomic E-state index is 0.0177. The van der Waals surface area contributed by atoms with Crippen LogP contribution in [0, 0.1) is 5.92 Å². The Kier molecular flexibility index (Phi) is 2.77. The highest BCUT2D eigenvalue weighted by Gasteiger charge is 2.27. The van der Waals surface area contributed by atoms with Crippen LogP contribution in [0.2, 0.25) is 0 Å². The zero-order chi connectivity index (χ0) is 9.97. The summed E-state index contributed by atoms with van der Waals surface area (Å²) in [7, 11) is 0. The summed E-state index contributed by atoms with van der Waals surface area (Å²) >= 11 is 1.80. The van der Waals surface area contributed by atoms with Gasteiger partial charge < -0.3 is 5.32 Å².